The van der Waals surface area contributed by atoms with Gasteiger partial charge in [-0.2, -0.15) is 0 Å². The summed E-state index contributed by atoms with van der Waals surface area (Å²) in [5.74, 6) is 0.946. The Morgan fingerprint density at radius 3 is 2.55 bits per heavy atom. The van der Waals surface area contributed by atoms with Gasteiger partial charge in [0.15, 0.2) is 0 Å². The molecule has 3 rings (SSSR count). The highest BCUT2D eigenvalue weighted by Gasteiger charge is 2.29. The van der Waals surface area contributed by atoms with Gasteiger partial charge in [-0.1, -0.05) is 12.1 Å². The molecule has 1 saturated carbocycles. The zero-order chi connectivity index (χ0) is 15.7. The Morgan fingerprint density at radius 1 is 1.27 bits per heavy atom. The van der Waals surface area contributed by atoms with Gasteiger partial charge in [0, 0.05) is 25.2 Å². The van der Waals surface area contributed by atoms with E-state index in [0.717, 1.165) is 18.0 Å². The SMILES string of the molecule is C[C@@H](N[C@H]1CCN(CC2CC2)C1)c1ccc(S(N)(=O)=O)cc1. The van der Waals surface area contributed by atoms with Gasteiger partial charge in [-0.3, -0.25) is 0 Å². The van der Waals surface area contributed by atoms with E-state index in [-0.39, 0.29) is 10.9 Å². The average molecular weight is 323 g/mol. The summed E-state index contributed by atoms with van der Waals surface area (Å²) in [5.41, 5.74) is 1.09. The second-order valence-electron chi connectivity index (χ2n) is 6.69. The second-order valence-corrected chi connectivity index (χ2v) is 8.25. The minimum atomic E-state index is -3.61. The van der Waals surface area contributed by atoms with Crippen molar-refractivity contribution in [3.63, 3.8) is 0 Å². The molecule has 0 amide bonds. The quantitative estimate of drug-likeness (QED) is 0.831. The minimum absolute atomic E-state index is 0.167. The minimum Gasteiger partial charge on any atom is -0.306 e. The lowest BCUT2D eigenvalue weighted by molar-refractivity contribution is 0.310. The molecular formula is C16H25N3O2S. The van der Waals surface area contributed by atoms with E-state index in [0.29, 0.717) is 6.04 Å². The van der Waals surface area contributed by atoms with E-state index >= 15 is 0 Å². The molecule has 1 aromatic rings. The molecule has 122 valence electrons. The lowest BCUT2D eigenvalue weighted by Crippen LogP contribution is -2.34. The summed E-state index contributed by atoms with van der Waals surface area (Å²) >= 11 is 0. The van der Waals surface area contributed by atoms with Crippen LogP contribution in [0.4, 0.5) is 0 Å². The molecule has 5 nitrogen and oxygen atoms in total. The van der Waals surface area contributed by atoms with Gasteiger partial charge in [-0.05, 0) is 56.3 Å². The number of rotatable bonds is 6. The van der Waals surface area contributed by atoms with Crippen molar-refractivity contribution >= 4 is 10.0 Å². The lowest BCUT2D eigenvalue weighted by Gasteiger charge is -2.21. The van der Waals surface area contributed by atoms with Crippen LogP contribution in [0.15, 0.2) is 29.2 Å². The first-order valence-electron chi connectivity index (χ1n) is 8.03. The smallest absolute Gasteiger partial charge is 0.238 e. The summed E-state index contributed by atoms with van der Waals surface area (Å²) in [7, 11) is -3.61. The summed E-state index contributed by atoms with van der Waals surface area (Å²) < 4.78 is 22.6. The monoisotopic (exact) mass is 323 g/mol. The van der Waals surface area contributed by atoms with Crippen LogP contribution in [0.1, 0.15) is 37.8 Å². The van der Waals surface area contributed by atoms with E-state index in [9.17, 15) is 8.42 Å². The van der Waals surface area contributed by atoms with E-state index in [1.54, 1.807) is 12.1 Å². The van der Waals surface area contributed by atoms with E-state index in [2.05, 4.69) is 17.1 Å². The van der Waals surface area contributed by atoms with E-state index in [4.69, 9.17) is 5.14 Å². The van der Waals surface area contributed by atoms with Crippen molar-refractivity contribution in [2.45, 2.75) is 43.2 Å². The third kappa shape index (κ3) is 4.07. The Labute approximate surface area is 132 Å². The molecule has 3 N–H and O–H groups in total. The van der Waals surface area contributed by atoms with E-state index in [1.807, 2.05) is 12.1 Å². The maximum Gasteiger partial charge on any atom is 0.238 e. The van der Waals surface area contributed by atoms with Crippen LogP contribution < -0.4 is 10.5 Å². The maximum atomic E-state index is 11.3. The third-order valence-electron chi connectivity index (χ3n) is 4.68. The van der Waals surface area contributed by atoms with Crippen LogP contribution in [0.3, 0.4) is 0 Å². The fraction of sp³-hybridized carbons (Fsp3) is 0.625. The standard InChI is InChI=1S/C16H25N3O2S/c1-12(14-4-6-16(7-5-14)22(17,20)21)18-15-8-9-19(11-15)10-13-2-3-13/h4-7,12-13,15,18H,2-3,8-11H2,1H3,(H2,17,20,21)/t12-,15+/m1/s1. The van der Waals surface area contributed by atoms with Gasteiger partial charge in [-0.25, -0.2) is 13.6 Å². The van der Waals surface area contributed by atoms with Crippen molar-refractivity contribution < 1.29 is 8.42 Å². The highest BCUT2D eigenvalue weighted by atomic mass is 32.2. The molecule has 1 aromatic carbocycles. The number of nitrogens with two attached hydrogens (primary N) is 1. The first-order chi connectivity index (χ1) is 10.4. The topological polar surface area (TPSA) is 75.4 Å². The number of benzene rings is 1. The van der Waals surface area contributed by atoms with Crippen LogP contribution in [0.2, 0.25) is 0 Å². The largest absolute Gasteiger partial charge is 0.306 e. The molecule has 1 saturated heterocycles. The van der Waals surface area contributed by atoms with E-state index in [1.165, 1.54) is 32.4 Å². The van der Waals surface area contributed by atoms with Gasteiger partial charge < -0.3 is 10.2 Å². The van der Waals surface area contributed by atoms with Gasteiger partial charge in [0.05, 0.1) is 4.90 Å². The molecule has 1 aliphatic heterocycles. The van der Waals surface area contributed by atoms with Crippen LogP contribution in [0, 0.1) is 5.92 Å². The van der Waals surface area contributed by atoms with Crippen molar-refractivity contribution in [2.24, 2.45) is 11.1 Å². The van der Waals surface area contributed by atoms with Crippen LogP contribution in [-0.4, -0.2) is 39.0 Å². The zero-order valence-electron chi connectivity index (χ0n) is 13.0. The molecule has 2 aliphatic rings. The van der Waals surface area contributed by atoms with Crippen LogP contribution >= 0.6 is 0 Å². The maximum absolute atomic E-state index is 11.3. The molecule has 1 aliphatic carbocycles. The Balaban J connectivity index is 1.54. The molecule has 1 heterocycles. The van der Waals surface area contributed by atoms with Crippen molar-refractivity contribution in [1.82, 2.24) is 10.2 Å². The Hall–Kier alpha value is -0.950. The summed E-state index contributed by atoms with van der Waals surface area (Å²) in [6, 6.07) is 7.57. The molecule has 22 heavy (non-hydrogen) atoms. The summed E-state index contributed by atoms with van der Waals surface area (Å²) in [6.07, 6.45) is 4.00. The zero-order valence-corrected chi connectivity index (χ0v) is 13.8. The van der Waals surface area contributed by atoms with E-state index < -0.39 is 10.0 Å². The number of hydrogen-bond acceptors (Lipinski definition) is 4. The molecule has 0 bridgehead atoms. The molecule has 2 fully saturated rings. The highest BCUT2D eigenvalue weighted by Crippen LogP contribution is 2.31. The number of likely N-dealkylation sites (tertiary alicyclic amines) is 1. The predicted octanol–water partition coefficient (Wildman–Crippen LogP) is 1.47. The summed E-state index contributed by atoms with van der Waals surface area (Å²) in [4.78, 5) is 2.73. The van der Waals surface area contributed by atoms with Crippen molar-refractivity contribution in [3.05, 3.63) is 29.8 Å². The van der Waals surface area contributed by atoms with Crippen LogP contribution in [0.5, 0.6) is 0 Å². The molecule has 0 radical (unpaired) electrons. The molecular weight excluding hydrogens is 298 g/mol. The molecule has 6 heteroatoms. The fourth-order valence-corrected chi connectivity index (χ4v) is 3.71. The summed E-state index contributed by atoms with van der Waals surface area (Å²) in [5, 5.41) is 8.78. The summed E-state index contributed by atoms with van der Waals surface area (Å²) in [6.45, 7) is 5.69. The third-order valence-corrected chi connectivity index (χ3v) is 5.61. The van der Waals surface area contributed by atoms with Gasteiger partial charge in [0.1, 0.15) is 0 Å². The number of hydrogen-bond donors (Lipinski definition) is 2. The number of primary sulfonamides is 1. The second kappa shape index (κ2) is 6.28. The van der Waals surface area contributed by atoms with Crippen molar-refractivity contribution in [1.29, 1.82) is 0 Å². The average Bonchev–Trinajstić information content (AvgIpc) is 3.17. The first-order valence-corrected chi connectivity index (χ1v) is 9.57. The normalized spacial score (nSPS) is 24.5. The Morgan fingerprint density at radius 2 is 1.95 bits per heavy atom. The molecule has 0 aromatic heterocycles. The fourth-order valence-electron chi connectivity index (χ4n) is 3.20. The first kappa shape index (κ1) is 15.9. The number of sulfonamides is 1. The lowest BCUT2D eigenvalue weighted by atomic mass is 10.1. The Bertz CT molecular complexity index is 611. The van der Waals surface area contributed by atoms with Crippen molar-refractivity contribution in [2.75, 3.05) is 19.6 Å². The van der Waals surface area contributed by atoms with Crippen LogP contribution in [-0.2, 0) is 10.0 Å². The van der Waals surface area contributed by atoms with Gasteiger partial charge in [0.25, 0.3) is 0 Å². The van der Waals surface area contributed by atoms with Gasteiger partial charge in [0.2, 0.25) is 10.0 Å². The van der Waals surface area contributed by atoms with Gasteiger partial charge in [-0.15, -0.1) is 0 Å². The predicted molar refractivity (Wildman–Crippen MR) is 86.9 cm³/mol. The Kier molecular flexibility index (Phi) is 4.54. The molecule has 0 spiro atoms. The molecule has 2 atom stereocenters. The van der Waals surface area contributed by atoms with Crippen LogP contribution in [0.25, 0.3) is 0 Å². The highest BCUT2D eigenvalue weighted by molar-refractivity contribution is 7.89. The van der Waals surface area contributed by atoms with Gasteiger partial charge >= 0.3 is 0 Å². The van der Waals surface area contributed by atoms with Crippen molar-refractivity contribution in [3.8, 4) is 0 Å². The number of nitrogens with zero attached hydrogens (tertiary/aromatic N) is 1. The number of nitrogens with one attached hydrogen (secondary N) is 1. The molecule has 0 unspecified atom stereocenters.